The Morgan fingerprint density at radius 1 is 0.429 bits per heavy atom. The van der Waals surface area contributed by atoms with Crippen molar-refractivity contribution in [1.82, 2.24) is 4.90 Å². The maximum Gasteiger partial charge on any atom is 0.305 e. The van der Waals surface area contributed by atoms with E-state index in [-0.39, 0.29) is 17.8 Å². The van der Waals surface area contributed by atoms with Crippen molar-refractivity contribution >= 4 is 33.8 Å². The Labute approximate surface area is 357 Å². The van der Waals surface area contributed by atoms with Crippen molar-refractivity contribution in [2.45, 2.75) is 258 Å². The highest BCUT2D eigenvalue weighted by Gasteiger charge is 2.19. The molecule has 0 saturated carbocycles. The van der Waals surface area contributed by atoms with Crippen LogP contribution in [-0.4, -0.2) is 54.4 Å². The average molecular weight is 857 g/mol. The molecule has 6 nitrogen and oxygen atoms in total. The van der Waals surface area contributed by atoms with Crippen LogP contribution in [0.4, 0.5) is 0 Å². The zero-order valence-electron chi connectivity index (χ0n) is 38.0. The summed E-state index contributed by atoms with van der Waals surface area (Å²) in [5.41, 5.74) is 0. The summed E-state index contributed by atoms with van der Waals surface area (Å²) < 4.78 is 11.4. The van der Waals surface area contributed by atoms with Crippen molar-refractivity contribution in [3.63, 3.8) is 0 Å². The van der Waals surface area contributed by atoms with Crippen LogP contribution >= 0.6 is 15.9 Å². The molecule has 0 aliphatic rings. The quantitative estimate of drug-likeness (QED) is 0.0347. The Morgan fingerprint density at radius 3 is 1.18 bits per heavy atom. The molecule has 0 aliphatic heterocycles. The van der Waals surface area contributed by atoms with Crippen LogP contribution in [0.15, 0.2) is 0 Å². The molecule has 0 radical (unpaired) electrons. The Balaban J connectivity index is 4.37. The van der Waals surface area contributed by atoms with Crippen LogP contribution in [0.25, 0.3) is 0 Å². The fourth-order valence-electron chi connectivity index (χ4n) is 7.89. The van der Waals surface area contributed by atoms with Gasteiger partial charge in [0, 0.05) is 37.7 Å². The first-order valence-electron chi connectivity index (χ1n) is 24.4. The van der Waals surface area contributed by atoms with Gasteiger partial charge in [-0.05, 0) is 76.0 Å². The highest BCUT2D eigenvalue weighted by atomic mass is 79.9. The van der Waals surface area contributed by atoms with Gasteiger partial charge in [0.15, 0.2) is 0 Å². The number of carbonyl (C=O) groups is 3. The van der Waals surface area contributed by atoms with Gasteiger partial charge in [0.2, 0.25) is 5.91 Å². The van der Waals surface area contributed by atoms with Crippen LogP contribution < -0.4 is 0 Å². The zero-order chi connectivity index (χ0) is 41.3. The summed E-state index contributed by atoms with van der Waals surface area (Å²) in [5, 5.41) is 0.952. The Hall–Kier alpha value is -1.11. The molecule has 2 unspecified atom stereocenters. The topological polar surface area (TPSA) is 72.9 Å². The molecule has 0 aromatic rings. The number of hydrogen-bond acceptors (Lipinski definition) is 5. The number of alkyl halides is 1. The van der Waals surface area contributed by atoms with Crippen LogP contribution in [-0.2, 0) is 23.9 Å². The summed E-state index contributed by atoms with van der Waals surface area (Å²) in [4.78, 5) is 40.0. The number of ether oxygens (including phenoxy) is 2. The van der Waals surface area contributed by atoms with E-state index in [0.29, 0.717) is 50.4 Å². The highest BCUT2D eigenvalue weighted by Crippen LogP contribution is 2.22. The Bertz CT molecular complexity index is 829. The molecular formula is C49H94BrNO5. The maximum atomic E-state index is 13.0. The fourth-order valence-corrected chi connectivity index (χ4v) is 8.28. The van der Waals surface area contributed by atoms with Crippen molar-refractivity contribution in [1.29, 1.82) is 0 Å². The molecule has 0 spiro atoms. The second-order valence-corrected chi connectivity index (χ2v) is 18.0. The van der Waals surface area contributed by atoms with Crippen LogP contribution in [0.2, 0.25) is 0 Å². The van der Waals surface area contributed by atoms with Gasteiger partial charge in [0.1, 0.15) is 0 Å². The molecule has 0 bridgehead atoms. The van der Waals surface area contributed by atoms with Crippen molar-refractivity contribution in [3.05, 3.63) is 0 Å². The van der Waals surface area contributed by atoms with Crippen LogP contribution in [0, 0.1) is 11.8 Å². The Kier molecular flexibility index (Phi) is 41.2. The lowest BCUT2D eigenvalue weighted by Crippen LogP contribution is -2.37. The van der Waals surface area contributed by atoms with Gasteiger partial charge in [-0.15, -0.1) is 0 Å². The average Bonchev–Trinajstić information content (AvgIpc) is 3.20. The van der Waals surface area contributed by atoms with Crippen molar-refractivity contribution in [2.75, 3.05) is 25.6 Å². The lowest BCUT2D eigenvalue weighted by molar-refractivity contribution is -0.146. The molecule has 7 heteroatoms. The molecule has 0 fully saturated rings. The van der Waals surface area contributed by atoms with Gasteiger partial charge in [-0.2, -0.15) is 0 Å². The predicted octanol–water partition coefficient (Wildman–Crippen LogP) is 15.3. The van der Waals surface area contributed by atoms with E-state index in [4.69, 9.17) is 9.47 Å². The molecule has 0 saturated heterocycles. The standard InChI is InChI=1S/C49H94BrNO5/c1-6-10-14-24-34-44(32-12-8-3)42-55-48(53)39-28-22-18-16-20-26-36-46(51(5)47(52)38-30-31-41-50)37-27-21-17-19-23-29-40-49(54)56-43-45(33-13-9-4)35-25-15-11-7-2/h44-46H,6-43H2,1-5H3. The fraction of sp³-hybridized carbons (Fsp3) is 0.939. The molecule has 0 aromatic carbocycles. The van der Waals surface area contributed by atoms with E-state index in [2.05, 4.69) is 48.5 Å². The van der Waals surface area contributed by atoms with Gasteiger partial charge in [-0.25, -0.2) is 0 Å². The molecule has 1 amide bonds. The summed E-state index contributed by atoms with van der Waals surface area (Å²) >= 11 is 3.50. The molecule has 0 aromatic heterocycles. The number of carbonyl (C=O) groups excluding carboxylic acids is 3. The van der Waals surface area contributed by atoms with Crippen molar-refractivity contribution < 1.29 is 23.9 Å². The van der Waals surface area contributed by atoms with Gasteiger partial charge in [0.05, 0.1) is 13.2 Å². The van der Waals surface area contributed by atoms with Gasteiger partial charge in [-0.1, -0.05) is 185 Å². The molecule has 332 valence electrons. The molecule has 2 atom stereocenters. The SMILES string of the molecule is CCCCCCC(CCCC)COC(=O)CCCCCCCCC(CCCCCCCCC(=O)OCC(CCCC)CCCCCC)N(C)C(=O)CCCCBr. The second-order valence-electron chi connectivity index (χ2n) is 17.2. The number of nitrogens with zero attached hydrogens (tertiary/aromatic N) is 1. The first kappa shape index (κ1) is 54.9. The monoisotopic (exact) mass is 856 g/mol. The first-order chi connectivity index (χ1) is 27.3. The van der Waals surface area contributed by atoms with Crippen LogP contribution in [0.3, 0.4) is 0 Å². The minimum absolute atomic E-state index is 0.0127. The Morgan fingerprint density at radius 2 is 0.768 bits per heavy atom. The number of unbranched alkanes of at least 4 members (excludes halogenated alkanes) is 19. The minimum atomic E-state index is -0.0127. The highest BCUT2D eigenvalue weighted by molar-refractivity contribution is 9.09. The number of hydrogen-bond donors (Lipinski definition) is 0. The number of esters is 2. The van der Waals surface area contributed by atoms with Gasteiger partial charge < -0.3 is 14.4 Å². The smallest absolute Gasteiger partial charge is 0.305 e. The third-order valence-electron chi connectivity index (χ3n) is 11.9. The summed E-state index contributed by atoms with van der Waals surface area (Å²) in [6, 6.07) is 0.316. The zero-order valence-corrected chi connectivity index (χ0v) is 39.6. The predicted molar refractivity (Wildman–Crippen MR) is 244 cm³/mol. The van der Waals surface area contributed by atoms with Crippen LogP contribution in [0.1, 0.15) is 252 Å². The van der Waals surface area contributed by atoms with E-state index in [1.807, 2.05) is 7.05 Å². The van der Waals surface area contributed by atoms with Crippen molar-refractivity contribution in [3.8, 4) is 0 Å². The molecule has 0 N–H and O–H groups in total. The number of rotatable bonds is 43. The van der Waals surface area contributed by atoms with Crippen molar-refractivity contribution in [2.24, 2.45) is 11.8 Å². The molecule has 56 heavy (non-hydrogen) atoms. The molecular weight excluding hydrogens is 762 g/mol. The minimum Gasteiger partial charge on any atom is -0.465 e. The normalized spacial score (nSPS) is 13.0. The first-order valence-corrected chi connectivity index (χ1v) is 25.6. The van der Waals surface area contributed by atoms with E-state index >= 15 is 0 Å². The maximum absolute atomic E-state index is 13.0. The van der Waals surface area contributed by atoms with Crippen LogP contribution in [0.5, 0.6) is 0 Å². The summed E-state index contributed by atoms with van der Waals surface area (Å²) in [5.74, 6) is 1.32. The van der Waals surface area contributed by atoms with E-state index in [9.17, 15) is 14.4 Å². The largest absolute Gasteiger partial charge is 0.465 e. The molecule has 0 aliphatic carbocycles. The van der Waals surface area contributed by atoms with Gasteiger partial charge >= 0.3 is 11.9 Å². The van der Waals surface area contributed by atoms with Gasteiger partial charge in [-0.3, -0.25) is 14.4 Å². The van der Waals surface area contributed by atoms with Gasteiger partial charge in [0.25, 0.3) is 0 Å². The third kappa shape index (κ3) is 34.9. The summed E-state index contributed by atoms with van der Waals surface area (Å²) in [6.07, 6.45) is 39.1. The summed E-state index contributed by atoms with van der Waals surface area (Å²) in [7, 11) is 2.02. The number of halogens is 1. The van der Waals surface area contributed by atoms with E-state index in [0.717, 1.165) is 82.4 Å². The lowest BCUT2D eigenvalue weighted by atomic mass is 9.96. The molecule has 0 rings (SSSR count). The summed E-state index contributed by atoms with van der Waals surface area (Å²) in [6.45, 7) is 10.2. The van der Waals surface area contributed by atoms with E-state index in [1.165, 1.54) is 128 Å². The lowest BCUT2D eigenvalue weighted by Gasteiger charge is -2.29. The van der Waals surface area contributed by atoms with E-state index in [1.54, 1.807) is 0 Å². The van der Waals surface area contributed by atoms with E-state index < -0.39 is 0 Å². The third-order valence-corrected chi connectivity index (χ3v) is 12.4. The number of amides is 1. The molecule has 0 heterocycles. The second kappa shape index (κ2) is 42.0.